The number of hydrogen-bond donors (Lipinski definition) is 0. The van der Waals surface area contributed by atoms with E-state index in [4.69, 9.17) is 15.0 Å². The van der Waals surface area contributed by atoms with Crippen molar-refractivity contribution in [3.8, 4) is 34.4 Å². The van der Waals surface area contributed by atoms with Crippen molar-refractivity contribution >= 4 is 75.9 Å². The molecule has 0 aliphatic rings. The van der Waals surface area contributed by atoms with Crippen molar-refractivity contribution in [2.75, 3.05) is 0 Å². The molecule has 9 aromatic carbocycles. The summed E-state index contributed by atoms with van der Waals surface area (Å²) in [5.74, 6) is 1.84. The fraction of sp³-hybridized carbons (Fsp3) is 0. The molecule has 12 rings (SSSR count). The molecule has 12 aromatic rings. The Morgan fingerprint density at radius 3 is 1.39 bits per heavy atom. The molecule has 3 heterocycles. The summed E-state index contributed by atoms with van der Waals surface area (Å²) < 4.78 is 4.73. The van der Waals surface area contributed by atoms with Gasteiger partial charge in [-0.15, -0.1) is 0 Å². The lowest BCUT2D eigenvalue weighted by Gasteiger charge is -2.16. The summed E-state index contributed by atoms with van der Waals surface area (Å²) in [5.41, 5.74) is 7.39. The first-order valence-electron chi connectivity index (χ1n) is 19.0. The van der Waals surface area contributed by atoms with Crippen molar-refractivity contribution < 1.29 is 0 Å². The highest BCUT2D eigenvalue weighted by Gasteiger charge is 2.24. The van der Waals surface area contributed by atoms with Gasteiger partial charge in [0.15, 0.2) is 11.6 Å². The van der Waals surface area contributed by atoms with E-state index in [1.165, 1.54) is 37.7 Å². The number of rotatable bonds is 4. The highest BCUT2D eigenvalue weighted by atomic mass is 15.2. The second-order valence-electron chi connectivity index (χ2n) is 14.4. The first-order valence-corrected chi connectivity index (χ1v) is 19.0. The SMILES string of the molecule is c1ccc(-c2nc(-c3ccccc3)nc(-n3c4ccccc4c4ccc5c(c6ccccc6n5-c5cccc6c7ccccc7c7ccccc7c56)c43)n2)cc1. The molecule has 0 aliphatic carbocycles. The lowest BCUT2D eigenvalue weighted by molar-refractivity contribution is 0.955. The molecule has 56 heavy (non-hydrogen) atoms. The molecule has 0 bridgehead atoms. The smallest absolute Gasteiger partial charge is 0.238 e. The zero-order chi connectivity index (χ0) is 36.7. The van der Waals surface area contributed by atoms with E-state index in [0.29, 0.717) is 17.6 Å². The van der Waals surface area contributed by atoms with Crippen molar-refractivity contribution in [2.45, 2.75) is 0 Å². The maximum Gasteiger partial charge on any atom is 0.238 e. The summed E-state index contributed by atoms with van der Waals surface area (Å²) in [6.07, 6.45) is 0. The van der Waals surface area contributed by atoms with Crippen LogP contribution in [0.5, 0.6) is 0 Å². The van der Waals surface area contributed by atoms with Crippen LogP contribution in [0.4, 0.5) is 0 Å². The first-order chi connectivity index (χ1) is 27.8. The van der Waals surface area contributed by atoms with Gasteiger partial charge in [-0.1, -0.05) is 164 Å². The van der Waals surface area contributed by atoms with E-state index in [1.54, 1.807) is 0 Å². The molecule has 0 amide bonds. The minimum absolute atomic E-state index is 0.580. The van der Waals surface area contributed by atoms with Gasteiger partial charge in [-0.2, -0.15) is 9.97 Å². The largest absolute Gasteiger partial charge is 0.309 e. The van der Waals surface area contributed by atoms with Gasteiger partial charge in [-0.05, 0) is 51.2 Å². The third-order valence-electron chi connectivity index (χ3n) is 11.3. The lowest BCUT2D eigenvalue weighted by Crippen LogP contribution is -2.06. The zero-order valence-corrected chi connectivity index (χ0v) is 30.1. The molecular weight excluding hydrogens is 683 g/mol. The van der Waals surface area contributed by atoms with Crippen molar-refractivity contribution in [1.29, 1.82) is 0 Å². The molecule has 260 valence electrons. The molecule has 0 atom stereocenters. The van der Waals surface area contributed by atoms with Crippen molar-refractivity contribution in [3.05, 3.63) is 188 Å². The van der Waals surface area contributed by atoms with Crippen molar-refractivity contribution in [3.63, 3.8) is 0 Å². The highest BCUT2D eigenvalue weighted by Crippen LogP contribution is 2.44. The maximum absolute atomic E-state index is 5.26. The summed E-state index contributed by atoms with van der Waals surface area (Å²) in [4.78, 5) is 15.6. The van der Waals surface area contributed by atoms with Crippen LogP contribution >= 0.6 is 0 Å². The lowest BCUT2D eigenvalue weighted by atomic mass is 9.93. The molecule has 0 unspecified atom stereocenters. The van der Waals surface area contributed by atoms with Crippen LogP contribution in [0.1, 0.15) is 0 Å². The van der Waals surface area contributed by atoms with E-state index < -0.39 is 0 Å². The molecule has 0 radical (unpaired) electrons. The topological polar surface area (TPSA) is 48.5 Å². The van der Waals surface area contributed by atoms with Gasteiger partial charge in [0.1, 0.15) is 0 Å². The van der Waals surface area contributed by atoms with Gasteiger partial charge < -0.3 is 4.57 Å². The molecule has 5 heteroatoms. The van der Waals surface area contributed by atoms with E-state index in [2.05, 4.69) is 161 Å². The Morgan fingerprint density at radius 2 is 0.768 bits per heavy atom. The zero-order valence-electron chi connectivity index (χ0n) is 30.1. The van der Waals surface area contributed by atoms with Crippen molar-refractivity contribution in [2.24, 2.45) is 0 Å². The summed E-state index contributed by atoms with van der Waals surface area (Å²) in [7, 11) is 0. The minimum Gasteiger partial charge on any atom is -0.309 e. The van der Waals surface area contributed by atoms with E-state index in [1.807, 2.05) is 36.4 Å². The van der Waals surface area contributed by atoms with Crippen LogP contribution in [0.2, 0.25) is 0 Å². The number of nitrogens with zero attached hydrogens (tertiary/aromatic N) is 5. The molecule has 0 fully saturated rings. The Kier molecular flexibility index (Phi) is 6.56. The Bertz CT molecular complexity index is 3420. The number of aromatic nitrogens is 5. The standard InChI is InChI=1S/C51H31N5/c1-3-16-32(17-4-1)49-52-50(33-18-5-2-6-19-33)54-51(53-49)56-42-27-13-11-23-37(42)40-30-31-45-47(48(40)56)41-25-12-14-28-43(41)55(45)44-29-15-26-39-36-21-8-7-20-34(36)35-22-9-10-24-38(35)46(39)44/h1-31H. The predicted molar refractivity (Wildman–Crippen MR) is 232 cm³/mol. The average molecular weight is 714 g/mol. The third-order valence-corrected chi connectivity index (χ3v) is 11.3. The van der Waals surface area contributed by atoms with E-state index >= 15 is 0 Å². The third kappa shape index (κ3) is 4.39. The second-order valence-corrected chi connectivity index (χ2v) is 14.4. The summed E-state index contributed by atoms with van der Waals surface area (Å²) >= 11 is 0. The summed E-state index contributed by atoms with van der Waals surface area (Å²) in [6, 6.07) is 66.7. The minimum atomic E-state index is 0.580. The Morgan fingerprint density at radius 1 is 0.286 bits per heavy atom. The fourth-order valence-electron chi connectivity index (χ4n) is 9.00. The number of para-hydroxylation sites is 2. The monoisotopic (exact) mass is 713 g/mol. The predicted octanol–water partition coefficient (Wildman–Crippen LogP) is 12.9. The quantitative estimate of drug-likeness (QED) is 0.171. The summed E-state index contributed by atoms with van der Waals surface area (Å²) in [5, 5.41) is 12.1. The molecule has 0 aliphatic heterocycles. The van der Waals surface area contributed by atoms with Gasteiger partial charge in [-0.25, -0.2) is 4.98 Å². The molecular formula is C51H31N5. The normalized spacial score (nSPS) is 11.9. The first kappa shape index (κ1) is 30.8. The van der Waals surface area contributed by atoms with Gasteiger partial charge in [0.05, 0.1) is 27.8 Å². The highest BCUT2D eigenvalue weighted by molar-refractivity contribution is 6.29. The van der Waals surface area contributed by atoms with Crippen LogP contribution in [-0.4, -0.2) is 24.1 Å². The molecule has 5 nitrogen and oxygen atoms in total. The van der Waals surface area contributed by atoms with E-state index in [0.717, 1.165) is 55.0 Å². The average Bonchev–Trinajstić information content (AvgIpc) is 3.80. The molecule has 0 saturated carbocycles. The Labute approximate surface area is 321 Å². The molecule has 0 saturated heterocycles. The second kappa shape index (κ2) is 11.9. The fourth-order valence-corrected chi connectivity index (χ4v) is 9.00. The van der Waals surface area contributed by atoms with E-state index in [9.17, 15) is 0 Å². The maximum atomic E-state index is 5.26. The number of fused-ring (bicyclic) bond motifs is 13. The van der Waals surface area contributed by atoms with Crippen LogP contribution in [0.3, 0.4) is 0 Å². The molecule has 0 N–H and O–H groups in total. The van der Waals surface area contributed by atoms with Crippen LogP contribution in [-0.2, 0) is 0 Å². The van der Waals surface area contributed by atoms with Crippen LogP contribution in [0, 0.1) is 0 Å². The van der Waals surface area contributed by atoms with Gasteiger partial charge in [0.25, 0.3) is 0 Å². The van der Waals surface area contributed by atoms with Crippen LogP contribution in [0.25, 0.3) is 110 Å². The van der Waals surface area contributed by atoms with Gasteiger partial charge in [-0.3, -0.25) is 4.57 Å². The van der Waals surface area contributed by atoms with Crippen LogP contribution in [0.15, 0.2) is 188 Å². The summed E-state index contributed by atoms with van der Waals surface area (Å²) in [6.45, 7) is 0. The van der Waals surface area contributed by atoms with Gasteiger partial charge in [0.2, 0.25) is 5.95 Å². The van der Waals surface area contributed by atoms with Crippen molar-refractivity contribution in [1.82, 2.24) is 24.1 Å². The van der Waals surface area contributed by atoms with E-state index in [-0.39, 0.29) is 0 Å². The molecule has 3 aromatic heterocycles. The molecule has 0 spiro atoms. The van der Waals surface area contributed by atoms with Gasteiger partial charge >= 0.3 is 0 Å². The Balaban J connectivity index is 1.24. The number of benzene rings is 9. The van der Waals surface area contributed by atoms with Crippen LogP contribution < -0.4 is 0 Å². The Hall–Kier alpha value is -7.63. The number of hydrogen-bond acceptors (Lipinski definition) is 3. The van der Waals surface area contributed by atoms with Gasteiger partial charge in [0, 0.05) is 38.1 Å².